The molecule has 9 heteroatoms. The van der Waals surface area contributed by atoms with Gasteiger partial charge in [0.15, 0.2) is 0 Å². The van der Waals surface area contributed by atoms with E-state index in [1.807, 2.05) is 18.2 Å². The lowest BCUT2D eigenvalue weighted by Gasteiger charge is -2.33. The van der Waals surface area contributed by atoms with Crippen LogP contribution in [0.25, 0.3) is 0 Å². The highest BCUT2D eigenvalue weighted by Crippen LogP contribution is 2.36. The van der Waals surface area contributed by atoms with Crippen LogP contribution in [0.5, 0.6) is 0 Å². The second-order valence-electron chi connectivity index (χ2n) is 8.12. The second-order valence-corrected chi connectivity index (χ2v) is 9.04. The Balaban J connectivity index is 1.44. The fourth-order valence-electron chi connectivity index (χ4n) is 4.33. The Kier molecular flexibility index (Phi) is 5.10. The molecule has 1 aromatic rings. The quantitative estimate of drug-likeness (QED) is 0.531. The summed E-state index contributed by atoms with van der Waals surface area (Å²) < 4.78 is 0.835. The van der Waals surface area contributed by atoms with Crippen molar-refractivity contribution in [2.75, 3.05) is 11.4 Å². The largest absolute Gasteiger partial charge is 0.344 e. The van der Waals surface area contributed by atoms with E-state index in [-0.39, 0.29) is 5.91 Å². The summed E-state index contributed by atoms with van der Waals surface area (Å²) >= 11 is 3.38. The molecule has 1 unspecified atom stereocenters. The summed E-state index contributed by atoms with van der Waals surface area (Å²) in [7, 11) is 0. The molecule has 0 radical (unpaired) electrons. The molecule has 0 bridgehead atoms. The highest BCUT2D eigenvalue weighted by Gasteiger charge is 2.53. The number of carbonyl (C=O) groups is 4. The van der Waals surface area contributed by atoms with Crippen LogP contribution in [0.4, 0.5) is 10.5 Å². The molecule has 1 saturated carbocycles. The van der Waals surface area contributed by atoms with Crippen molar-refractivity contribution in [2.45, 2.75) is 44.6 Å². The number of hydrazine groups is 1. The van der Waals surface area contributed by atoms with Crippen LogP contribution >= 0.6 is 15.9 Å². The van der Waals surface area contributed by atoms with E-state index in [9.17, 15) is 19.2 Å². The smallest absolute Gasteiger partial charge is 0.322 e. The SMILES string of the molecule is CC1CCC2(CC1)NC(=O)N(NC(=O)C1CCN(c3cccc(Br)c3)C1=O)C2=O. The van der Waals surface area contributed by atoms with Crippen LogP contribution in [0.3, 0.4) is 0 Å². The van der Waals surface area contributed by atoms with E-state index < -0.39 is 29.3 Å². The molecule has 8 nitrogen and oxygen atoms in total. The van der Waals surface area contributed by atoms with Crippen molar-refractivity contribution < 1.29 is 19.2 Å². The second kappa shape index (κ2) is 7.44. The summed E-state index contributed by atoms with van der Waals surface area (Å²) in [5.74, 6) is -1.82. The van der Waals surface area contributed by atoms with E-state index in [1.165, 1.54) is 0 Å². The lowest BCUT2D eigenvalue weighted by atomic mass is 9.77. The molecular weight excluding hydrogens is 440 g/mol. The van der Waals surface area contributed by atoms with Gasteiger partial charge in [0, 0.05) is 16.7 Å². The summed E-state index contributed by atoms with van der Waals surface area (Å²) in [6.07, 6.45) is 3.13. The molecule has 1 aliphatic carbocycles. The topological polar surface area (TPSA) is 98.8 Å². The molecule has 0 aromatic heterocycles. The standard InChI is InChI=1S/C20H23BrN4O4/c1-12-5-8-20(9-6-12)18(28)25(19(29)22-20)23-16(26)15-7-10-24(17(15)27)14-4-2-3-13(21)11-14/h2-4,11-12,15H,5-10H2,1H3,(H,22,29)(H,23,26). The molecule has 3 aliphatic rings. The highest BCUT2D eigenvalue weighted by molar-refractivity contribution is 9.10. The number of nitrogens with zero attached hydrogens (tertiary/aromatic N) is 2. The normalized spacial score (nSPS) is 29.5. The Morgan fingerprint density at radius 3 is 2.62 bits per heavy atom. The van der Waals surface area contributed by atoms with Crippen LogP contribution in [0.2, 0.25) is 0 Å². The van der Waals surface area contributed by atoms with Crippen molar-refractivity contribution in [1.29, 1.82) is 0 Å². The number of halogens is 1. The minimum Gasteiger partial charge on any atom is -0.322 e. The summed E-state index contributed by atoms with van der Waals surface area (Å²) in [6.45, 7) is 2.52. The van der Waals surface area contributed by atoms with E-state index >= 15 is 0 Å². The third-order valence-electron chi connectivity index (χ3n) is 6.15. The van der Waals surface area contributed by atoms with Gasteiger partial charge in [-0.2, -0.15) is 5.01 Å². The maximum absolute atomic E-state index is 12.9. The van der Waals surface area contributed by atoms with Gasteiger partial charge in [0.2, 0.25) is 5.91 Å². The highest BCUT2D eigenvalue weighted by atomic mass is 79.9. The first-order chi connectivity index (χ1) is 13.8. The first-order valence-electron chi connectivity index (χ1n) is 9.85. The van der Waals surface area contributed by atoms with Crippen LogP contribution in [0.15, 0.2) is 28.7 Å². The molecule has 2 saturated heterocycles. The van der Waals surface area contributed by atoms with Crippen molar-refractivity contribution in [1.82, 2.24) is 15.8 Å². The van der Waals surface area contributed by atoms with Gasteiger partial charge < -0.3 is 10.2 Å². The van der Waals surface area contributed by atoms with Crippen LogP contribution in [0, 0.1) is 11.8 Å². The number of rotatable bonds is 3. The first kappa shape index (κ1) is 19.9. The van der Waals surface area contributed by atoms with Crippen LogP contribution < -0.4 is 15.6 Å². The van der Waals surface area contributed by atoms with E-state index in [1.54, 1.807) is 11.0 Å². The number of nitrogens with one attached hydrogen (secondary N) is 2. The minimum atomic E-state index is -0.933. The van der Waals surface area contributed by atoms with Gasteiger partial charge in [0.05, 0.1) is 0 Å². The Bertz CT molecular complexity index is 881. The van der Waals surface area contributed by atoms with Gasteiger partial charge in [-0.15, -0.1) is 0 Å². The Morgan fingerprint density at radius 1 is 1.21 bits per heavy atom. The average molecular weight is 463 g/mol. The number of hydrogen-bond donors (Lipinski definition) is 2. The number of imide groups is 1. The third kappa shape index (κ3) is 3.52. The van der Waals surface area contributed by atoms with Gasteiger partial charge in [0.1, 0.15) is 11.5 Å². The van der Waals surface area contributed by atoms with E-state index in [0.29, 0.717) is 37.4 Å². The van der Waals surface area contributed by atoms with Gasteiger partial charge in [0.25, 0.3) is 11.8 Å². The molecule has 1 aromatic carbocycles. The number of hydrogen-bond acceptors (Lipinski definition) is 4. The number of amides is 5. The van der Waals surface area contributed by atoms with Gasteiger partial charge in [-0.25, -0.2) is 4.79 Å². The van der Waals surface area contributed by atoms with Gasteiger partial charge in [-0.3, -0.25) is 19.8 Å². The van der Waals surface area contributed by atoms with Crippen LogP contribution in [0.1, 0.15) is 39.0 Å². The van der Waals surface area contributed by atoms with Crippen LogP contribution in [-0.4, -0.2) is 40.8 Å². The number of anilines is 1. The molecule has 3 fully saturated rings. The Labute approximate surface area is 177 Å². The van der Waals surface area contributed by atoms with Crippen molar-refractivity contribution in [2.24, 2.45) is 11.8 Å². The molecule has 2 heterocycles. The number of urea groups is 1. The van der Waals surface area contributed by atoms with E-state index in [0.717, 1.165) is 22.3 Å². The molecule has 4 rings (SSSR count). The Morgan fingerprint density at radius 2 is 1.93 bits per heavy atom. The summed E-state index contributed by atoms with van der Waals surface area (Å²) in [4.78, 5) is 52.3. The molecule has 2 N–H and O–H groups in total. The van der Waals surface area contributed by atoms with Crippen molar-refractivity contribution >= 4 is 45.4 Å². The first-order valence-corrected chi connectivity index (χ1v) is 10.6. The molecular formula is C20H23BrN4O4. The molecule has 1 atom stereocenters. The van der Waals surface area contributed by atoms with Gasteiger partial charge >= 0.3 is 6.03 Å². The predicted molar refractivity (Wildman–Crippen MR) is 108 cm³/mol. The molecule has 154 valence electrons. The van der Waals surface area contributed by atoms with Crippen LogP contribution in [-0.2, 0) is 14.4 Å². The van der Waals surface area contributed by atoms with Gasteiger partial charge in [-0.1, -0.05) is 28.9 Å². The Hall–Kier alpha value is -2.42. The molecule has 5 amide bonds. The minimum absolute atomic E-state index is 0.323. The lowest BCUT2D eigenvalue weighted by Crippen LogP contribution is -2.53. The average Bonchev–Trinajstić information content (AvgIpc) is 3.18. The predicted octanol–water partition coefficient (Wildman–Crippen LogP) is 2.33. The third-order valence-corrected chi connectivity index (χ3v) is 6.65. The fraction of sp³-hybridized carbons (Fsp3) is 0.500. The van der Waals surface area contributed by atoms with Crippen molar-refractivity contribution in [3.63, 3.8) is 0 Å². The zero-order valence-corrected chi connectivity index (χ0v) is 17.7. The van der Waals surface area contributed by atoms with E-state index in [2.05, 4.69) is 33.6 Å². The van der Waals surface area contributed by atoms with Crippen molar-refractivity contribution in [3.8, 4) is 0 Å². The lowest BCUT2D eigenvalue weighted by molar-refractivity contribution is -0.143. The molecule has 2 aliphatic heterocycles. The van der Waals surface area contributed by atoms with Gasteiger partial charge in [-0.05, 0) is 56.2 Å². The molecule has 1 spiro atoms. The number of benzene rings is 1. The monoisotopic (exact) mass is 462 g/mol. The maximum Gasteiger partial charge on any atom is 0.344 e. The fourth-order valence-corrected chi connectivity index (χ4v) is 4.71. The summed E-state index contributed by atoms with van der Waals surface area (Å²) in [6, 6.07) is 6.65. The number of carbonyl (C=O) groups excluding carboxylic acids is 4. The summed E-state index contributed by atoms with van der Waals surface area (Å²) in [5, 5.41) is 3.52. The van der Waals surface area contributed by atoms with E-state index in [4.69, 9.17) is 0 Å². The maximum atomic E-state index is 12.9. The molecule has 29 heavy (non-hydrogen) atoms. The summed E-state index contributed by atoms with van der Waals surface area (Å²) in [5.41, 5.74) is 2.16. The van der Waals surface area contributed by atoms with Crippen molar-refractivity contribution in [3.05, 3.63) is 28.7 Å². The zero-order chi connectivity index (χ0) is 20.8. The zero-order valence-electron chi connectivity index (χ0n) is 16.1.